The van der Waals surface area contributed by atoms with Crippen molar-refractivity contribution < 1.29 is 14.0 Å². The van der Waals surface area contributed by atoms with Crippen LogP contribution in [0.25, 0.3) is 10.9 Å². The Labute approximate surface area is 179 Å². The fraction of sp³-hybridized carbons (Fsp3) is 0.455. The quantitative estimate of drug-likeness (QED) is 0.680. The Bertz CT molecular complexity index is 1100. The number of nitrogens with zero attached hydrogens (tertiary/aromatic N) is 5. The van der Waals surface area contributed by atoms with Gasteiger partial charge in [-0.1, -0.05) is 23.4 Å². The van der Waals surface area contributed by atoms with E-state index < -0.39 is 6.17 Å². The van der Waals surface area contributed by atoms with Gasteiger partial charge in [0.2, 0.25) is 5.91 Å². The maximum absolute atomic E-state index is 14.3. The molecule has 0 radical (unpaired) electrons. The van der Waals surface area contributed by atoms with Crippen LogP contribution in [0.4, 0.5) is 4.39 Å². The zero-order valence-corrected chi connectivity index (χ0v) is 17.2. The maximum atomic E-state index is 14.3. The van der Waals surface area contributed by atoms with Crippen LogP contribution in [0.15, 0.2) is 36.7 Å². The highest BCUT2D eigenvalue weighted by Crippen LogP contribution is 2.25. The van der Waals surface area contributed by atoms with Crippen LogP contribution in [0.1, 0.15) is 35.3 Å². The van der Waals surface area contributed by atoms with E-state index in [0.717, 1.165) is 42.4 Å². The summed E-state index contributed by atoms with van der Waals surface area (Å²) < 4.78 is 15.8. The number of fused-ring (bicyclic) bond motifs is 1. The van der Waals surface area contributed by atoms with Gasteiger partial charge >= 0.3 is 0 Å². The number of hydrogen-bond acceptors (Lipinski definition) is 4. The predicted octanol–water partition coefficient (Wildman–Crippen LogP) is 2.18. The van der Waals surface area contributed by atoms with Crippen LogP contribution in [0.2, 0.25) is 0 Å². The second-order valence-corrected chi connectivity index (χ2v) is 8.39. The Morgan fingerprint density at radius 2 is 2.00 bits per heavy atom. The van der Waals surface area contributed by atoms with Crippen LogP contribution in [0.5, 0.6) is 0 Å². The van der Waals surface area contributed by atoms with Gasteiger partial charge in [0.1, 0.15) is 6.17 Å². The zero-order valence-electron chi connectivity index (χ0n) is 17.2. The van der Waals surface area contributed by atoms with Gasteiger partial charge < -0.3 is 14.8 Å². The summed E-state index contributed by atoms with van der Waals surface area (Å²) in [5, 5.41) is 9.07. The fourth-order valence-electron chi connectivity index (χ4n) is 4.66. The van der Waals surface area contributed by atoms with E-state index in [0.29, 0.717) is 12.2 Å². The lowest BCUT2D eigenvalue weighted by Crippen LogP contribution is -2.39. The summed E-state index contributed by atoms with van der Waals surface area (Å²) in [6, 6.07) is 7.50. The first kappa shape index (κ1) is 19.7. The molecule has 3 aromatic rings. The third-order valence-corrected chi connectivity index (χ3v) is 6.25. The molecule has 1 aromatic carbocycles. The predicted molar refractivity (Wildman–Crippen MR) is 112 cm³/mol. The summed E-state index contributed by atoms with van der Waals surface area (Å²) in [6.45, 7) is 1.89. The SMILES string of the molecule is O=C(c1cn(C[C@@H]2C[C@H](F)CN2C(=O)Cc2c[nH]c3ccccc23)nn1)N1CCCC1. The smallest absolute Gasteiger partial charge is 0.276 e. The second kappa shape index (κ2) is 8.13. The average Bonchev–Trinajstić information content (AvgIpc) is 3.55. The van der Waals surface area contributed by atoms with Gasteiger partial charge in [-0.05, 0) is 24.5 Å². The Balaban J connectivity index is 1.27. The molecule has 2 aliphatic heterocycles. The maximum Gasteiger partial charge on any atom is 0.276 e. The highest BCUT2D eigenvalue weighted by Gasteiger charge is 2.36. The van der Waals surface area contributed by atoms with Crippen molar-refractivity contribution in [1.29, 1.82) is 0 Å². The largest absolute Gasteiger partial charge is 0.361 e. The third kappa shape index (κ3) is 3.92. The molecule has 0 bridgehead atoms. The molecular formula is C22H25FN6O2. The van der Waals surface area contributed by atoms with Gasteiger partial charge in [-0.15, -0.1) is 5.10 Å². The fourth-order valence-corrected chi connectivity index (χ4v) is 4.66. The number of carbonyl (C=O) groups excluding carboxylic acids is 2. The number of para-hydroxylation sites is 1. The molecule has 1 N–H and O–H groups in total. The van der Waals surface area contributed by atoms with E-state index in [-0.39, 0.29) is 37.2 Å². The standard InChI is InChI=1S/C22H25FN6O2/c23-16-10-17(13-28-14-20(25-26-28)22(31)27-7-3-4-8-27)29(12-16)21(30)9-15-11-24-19-6-2-1-5-18(15)19/h1-2,5-6,11,14,16-17,24H,3-4,7-10,12-13H2/t16-,17-/m0/s1. The number of rotatable bonds is 5. The zero-order chi connectivity index (χ0) is 21.4. The van der Waals surface area contributed by atoms with E-state index in [1.54, 1.807) is 20.7 Å². The molecule has 5 rings (SSSR count). The van der Waals surface area contributed by atoms with Crippen LogP contribution in [0.3, 0.4) is 0 Å². The van der Waals surface area contributed by atoms with Gasteiger partial charge in [-0.25, -0.2) is 9.07 Å². The van der Waals surface area contributed by atoms with Gasteiger partial charge in [0, 0.05) is 36.6 Å². The summed E-state index contributed by atoms with van der Waals surface area (Å²) in [4.78, 5) is 32.1. The van der Waals surface area contributed by atoms with E-state index >= 15 is 0 Å². The summed E-state index contributed by atoms with van der Waals surface area (Å²) >= 11 is 0. The molecule has 2 amide bonds. The van der Waals surface area contributed by atoms with Crippen molar-refractivity contribution in [3.63, 3.8) is 0 Å². The number of likely N-dealkylation sites (tertiary alicyclic amines) is 2. The normalized spacial score (nSPS) is 21.3. The van der Waals surface area contributed by atoms with Crippen LogP contribution < -0.4 is 0 Å². The molecule has 9 heteroatoms. The van der Waals surface area contributed by atoms with Crippen molar-refractivity contribution in [3.8, 4) is 0 Å². The minimum absolute atomic E-state index is 0.0835. The lowest BCUT2D eigenvalue weighted by atomic mass is 10.1. The number of aromatic nitrogens is 4. The molecular weight excluding hydrogens is 399 g/mol. The van der Waals surface area contributed by atoms with Gasteiger partial charge in [0.05, 0.1) is 31.7 Å². The Hall–Kier alpha value is -3.23. The van der Waals surface area contributed by atoms with Crippen molar-refractivity contribution >= 4 is 22.7 Å². The van der Waals surface area contributed by atoms with Gasteiger partial charge in [0.15, 0.2) is 5.69 Å². The van der Waals surface area contributed by atoms with Gasteiger partial charge in [-0.3, -0.25) is 9.59 Å². The molecule has 2 aliphatic rings. The van der Waals surface area contributed by atoms with Crippen molar-refractivity contribution in [2.24, 2.45) is 0 Å². The molecule has 4 heterocycles. The van der Waals surface area contributed by atoms with Gasteiger partial charge in [0.25, 0.3) is 5.91 Å². The molecule has 0 spiro atoms. The Morgan fingerprint density at radius 3 is 2.84 bits per heavy atom. The first-order valence-electron chi connectivity index (χ1n) is 10.8. The van der Waals surface area contributed by atoms with Crippen LogP contribution in [-0.4, -0.2) is 73.4 Å². The molecule has 2 saturated heterocycles. The Kier molecular flexibility index (Phi) is 5.17. The van der Waals surface area contributed by atoms with Crippen LogP contribution in [-0.2, 0) is 17.8 Å². The second-order valence-electron chi connectivity index (χ2n) is 8.39. The first-order valence-corrected chi connectivity index (χ1v) is 10.8. The van der Waals surface area contributed by atoms with E-state index in [2.05, 4.69) is 15.3 Å². The van der Waals surface area contributed by atoms with Crippen LogP contribution in [0, 0.1) is 0 Å². The molecule has 162 valence electrons. The summed E-state index contributed by atoms with van der Waals surface area (Å²) in [7, 11) is 0. The number of H-pyrrole nitrogens is 1. The van der Waals surface area contributed by atoms with Gasteiger partial charge in [-0.2, -0.15) is 0 Å². The minimum Gasteiger partial charge on any atom is -0.361 e. The summed E-state index contributed by atoms with van der Waals surface area (Å²) in [5.41, 5.74) is 2.18. The number of nitrogens with one attached hydrogen (secondary N) is 1. The minimum atomic E-state index is -1.06. The number of benzene rings is 1. The average molecular weight is 424 g/mol. The Morgan fingerprint density at radius 1 is 1.19 bits per heavy atom. The molecule has 31 heavy (non-hydrogen) atoms. The van der Waals surface area contributed by atoms with Crippen LogP contribution >= 0.6 is 0 Å². The molecule has 2 aromatic heterocycles. The highest BCUT2D eigenvalue weighted by molar-refractivity contribution is 5.92. The number of alkyl halides is 1. The summed E-state index contributed by atoms with van der Waals surface area (Å²) in [6.07, 6.45) is 4.87. The molecule has 0 saturated carbocycles. The molecule has 0 aliphatic carbocycles. The monoisotopic (exact) mass is 424 g/mol. The van der Waals surface area contributed by atoms with Crippen molar-refractivity contribution in [3.05, 3.63) is 47.9 Å². The first-order chi connectivity index (χ1) is 15.1. The molecule has 2 fully saturated rings. The van der Waals surface area contributed by atoms with Crippen molar-refractivity contribution in [2.45, 2.75) is 44.4 Å². The number of halogens is 1. The van der Waals surface area contributed by atoms with E-state index in [4.69, 9.17) is 0 Å². The molecule has 0 unspecified atom stereocenters. The van der Waals surface area contributed by atoms with Crippen molar-refractivity contribution in [2.75, 3.05) is 19.6 Å². The number of aromatic amines is 1. The number of amides is 2. The molecule has 8 nitrogen and oxygen atoms in total. The van der Waals surface area contributed by atoms with E-state index in [1.165, 1.54) is 0 Å². The lowest BCUT2D eigenvalue weighted by Gasteiger charge is -2.24. The van der Waals surface area contributed by atoms with Crippen molar-refractivity contribution in [1.82, 2.24) is 29.8 Å². The lowest BCUT2D eigenvalue weighted by molar-refractivity contribution is -0.131. The summed E-state index contributed by atoms with van der Waals surface area (Å²) in [5.74, 6) is -0.228. The third-order valence-electron chi connectivity index (χ3n) is 6.25. The number of carbonyl (C=O) groups is 2. The van der Waals surface area contributed by atoms with E-state index in [1.807, 2.05) is 30.5 Å². The topological polar surface area (TPSA) is 87.1 Å². The van der Waals surface area contributed by atoms with E-state index in [9.17, 15) is 14.0 Å². The molecule has 2 atom stereocenters. The number of hydrogen-bond donors (Lipinski definition) is 1. The highest BCUT2D eigenvalue weighted by atomic mass is 19.1.